The molecule has 0 aromatic carbocycles. The molecule has 118 valence electrons. The molecule has 8 nitrogen and oxygen atoms in total. The molecule has 0 atom stereocenters. The molecule has 1 aromatic rings. The fraction of sp³-hybridized carbons (Fsp3) is 0.769. The van der Waals surface area contributed by atoms with Gasteiger partial charge < -0.3 is 14.7 Å². The number of nitrogens with one attached hydrogen (secondary N) is 1. The molecular formula is C13H24N6O2. The van der Waals surface area contributed by atoms with Crippen molar-refractivity contribution < 1.29 is 9.84 Å². The third-order valence-corrected chi connectivity index (χ3v) is 3.48. The zero-order valence-electron chi connectivity index (χ0n) is 12.8. The number of hydrogen-bond donors (Lipinski definition) is 3. The first-order chi connectivity index (χ1) is 9.92. The van der Waals surface area contributed by atoms with Gasteiger partial charge in [0.2, 0.25) is 11.9 Å². The molecule has 0 aliphatic heterocycles. The maximum atomic E-state index is 10.5. The van der Waals surface area contributed by atoms with Gasteiger partial charge in [-0.15, -0.1) is 0 Å². The number of rotatable bonds is 6. The van der Waals surface area contributed by atoms with Gasteiger partial charge in [0.1, 0.15) is 0 Å². The summed E-state index contributed by atoms with van der Waals surface area (Å²) in [6.07, 6.45) is 3.67. The number of nitrogens with two attached hydrogens (primary N) is 1. The Labute approximate surface area is 124 Å². The molecule has 0 amide bonds. The molecule has 0 radical (unpaired) electrons. The van der Waals surface area contributed by atoms with Crippen LogP contribution in [0.2, 0.25) is 0 Å². The van der Waals surface area contributed by atoms with Gasteiger partial charge in [0.05, 0.1) is 11.7 Å². The van der Waals surface area contributed by atoms with Crippen molar-refractivity contribution >= 4 is 11.9 Å². The van der Waals surface area contributed by atoms with Crippen LogP contribution in [0.1, 0.15) is 39.5 Å². The van der Waals surface area contributed by atoms with Crippen molar-refractivity contribution in [3.8, 4) is 6.01 Å². The van der Waals surface area contributed by atoms with Crippen molar-refractivity contribution in [2.75, 3.05) is 23.9 Å². The molecule has 4 N–H and O–H groups in total. The highest BCUT2D eigenvalue weighted by Gasteiger charge is 2.33. The van der Waals surface area contributed by atoms with E-state index in [-0.39, 0.29) is 18.1 Å². The van der Waals surface area contributed by atoms with Crippen LogP contribution in [-0.4, -0.2) is 45.4 Å². The topological polar surface area (TPSA) is 109 Å². The molecule has 1 fully saturated rings. The Morgan fingerprint density at radius 2 is 2.00 bits per heavy atom. The van der Waals surface area contributed by atoms with Crippen molar-refractivity contribution in [2.24, 2.45) is 5.84 Å². The first-order valence-corrected chi connectivity index (χ1v) is 7.25. The minimum absolute atomic E-state index is 0.0461. The SMILES string of the molecule is CC(C)Oc1nc(NN)nc(N(C)CC2(O)CCCC2)n1. The summed E-state index contributed by atoms with van der Waals surface area (Å²) in [4.78, 5) is 14.3. The lowest BCUT2D eigenvalue weighted by atomic mass is 10.0. The zero-order valence-corrected chi connectivity index (χ0v) is 12.8. The first kappa shape index (κ1) is 15.7. The van der Waals surface area contributed by atoms with Crippen molar-refractivity contribution in [3.05, 3.63) is 0 Å². The monoisotopic (exact) mass is 296 g/mol. The lowest BCUT2D eigenvalue weighted by molar-refractivity contribution is 0.0555. The van der Waals surface area contributed by atoms with Gasteiger partial charge in [0.15, 0.2) is 0 Å². The van der Waals surface area contributed by atoms with Crippen LogP contribution >= 0.6 is 0 Å². The normalized spacial score (nSPS) is 17.0. The first-order valence-electron chi connectivity index (χ1n) is 7.25. The van der Waals surface area contributed by atoms with Crippen LogP contribution in [0, 0.1) is 0 Å². The van der Waals surface area contributed by atoms with E-state index in [0.717, 1.165) is 25.7 Å². The Kier molecular flexibility index (Phi) is 4.79. The number of aliphatic hydroxyl groups is 1. The van der Waals surface area contributed by atoms with Crippen molar-refractivity contribution in [1.29, 1.82) is 0 Å². The molecule has 0 spiro atoms. The van der Waals surface area contributed by atoms with Crippen molar-refractivity contribution in [3.63, 3.8) is 0 Å². The summed E-state index contributed by atoms with van der Waals surface area (Å²) in [5, 5.41) is 10.5. The molecule has 0 bridgehead atoms. The molecule has 1 aromatic heterocycles. The van der Waals surface area contributed by atoms with Gasteiger partial charge >= 0.3 is 6.01 Å². The van der Waals surface area contributed by atoms with Gasteiger partial charge in [0, 0.05) is 13.6 Å². The predicted octanol–water partition coefficient (Wildman–Crippen LogP) is 0.686. The van der Waals surface area contributed by atoms with E-state index in [4.69, 9.17) is 10.6 Å². The van der Waals surface area contributed by atoms with E-state index in [0.29, 0.717) is 12.5 Å². The molecule has 1 heterocycles. The van der Waals surface area contributed by atoms with Crippen LogP contribution in [0.15, 0.2) is 0 Å². The number of ether oxygens (including phenoxy) is 1. The molecule has 21 heavy (non-hydrogen) atoms. The molecule has 1 aliphatic rings. The van der Waals surface area contributed by atoms with Crippen LogP contribution in [0.3, 0.4) is 0 Å². The Balaban J connectivity index is 2.16. The standard InChI is InChI=1S/C13H24N6O2/c1-9(2)21-12-16-10(18-14)15-11(17-12)19(3)8-13(20)6-4-5-7-13/h9,20H,4-8,14H2,1-3H3,(H,15,16,17,18). The highest BCUT2D eigenvalue weighted by Crippen LogP contribution is 2.30. The Hall–Kier alpha value is -1.67. The second kappa shape index (κ2) is 6.40. The summed E-state index contributed by atoms with van der Waals surface area (Å²) in [6.45, 7) is 4.26. The highest BCUT2D eigenvalue weighted by atomic mass is 16.5. The van der Waals surface area contributed by atoms with E-state index in [1.54, 1.807) is 4.90 Å². The van der Waals surface area contributed by atoms with Gasteiger partial charge in [-0.25, -0.2) is 5.84 Å². The zero-order chi connectivity index (χ0) is 15.5. The van der Waals surface area contributed by atoms with Gasteiger partial charge in [-0.1, -0.05) is 12.8 Å². The molecule has 2 rings (SSSR count). The third kappa shape index (κ3) is 4.15. The van der Waals surface area contributed by atoms with Crippen LogP contribution < -0.4 is 20.9 Å². The summed E-state index contributed by atoms with van der Waals surface area (Å²) in [7, 11) is 1.84. The number of anilines is 2. The molecule has 1 saturated carbocycles. The molecule has 8 heteroatoms. The number of nitrogen functional groups attached to an aromatic ring is 1. The number of nitrogens with zero attached hydrogens (tertiary/aromatic N) is 4. The maximum absolute atomic E-state index is 10.5. The van der Waals surface area contributed by atoms with E-state index in [1.807, 2.05) is 20.9 Å². The minimum Gasteiger partial charge on any atom is -0.461 e. The lowest BCUT2D eigenvalue weighted by Gasteiger charge is -2.28. The highest BCUT2D eigenvalue weighted by molar-refractivity contribution is 5.37. The Morgan fingerprint density at radius 3 is 2.57 bits per heavy atom. The number of hydrazine groups is 1. The minimum atomic E-state index is -0.670. The average Bonchev–Trinajstić information content (AvgIpc) is 2.84. The number of hydrogen-bond acceptors (Lipinski definition) is 8. The number of aromatic nitrogens is 3. The average molecular weight is 296 g/mol. The Morgan fingerprint density at radius 1 is 1.33 bits per heavy atom. The van der Waals surface area contributed by atoms with Crippen LogP contribution in [0.5, 0.6) is 6.01 Å². The molecule has 0 saturated heterocycles. The maximum Gasteiger partial charge on any atom is 0.323 e. The summed E-state index contributed by atoms with van der Waals surface area (Å²) in [5.74, 6) is 6.04. The van der Waals surface area contributed by atoms with Crippen LogP contribution in [0.25, 0.3) is 0 Å². The van der Waals surface area contributed by atoms with E-state index in [1.165, 1.54) is 0 Å². The smallest absolute Gasteiger partial charge is 0.323 e. The molecular weight excluding hydrogens is 272 g/mol. The van der Waals surface area contributed by atoms with Crippen molar-refractivity contribution in [2.45, 2.75) is 51.2 Å². The Bertz CT molecular complexity index is 476. The van der Waals surface area contributed by atoms with E-state index in [9.17, 15) is 5.11 Å². The van der Waals surface area contributed by atoms with Crippen LogP contribution in [0.4, 0.5) is 11.9 Å². The van der Waals surface area contributed by atoms with E-state index < -0.39 is 5.60 Å². The van der Waals surface area contributed by atoms with Crippen molar-refractivity contribution in [1.82, 2.24) is 15.0 Å². The summed E-state index contributed by atoms with van der Waals surface area (Å²) >= 11 is 0. The van der Waals surface area contributed by atoms with Crippen LogP contribution in [-0.2, 0) is 0 Å². The lowest BCUT2D eigenvalue weighted by Crippen LogP contribution is -2.40. The molecule has 0 unspecified atom stereocenters. The summed E-state index contributed by atoms with van der Waals surface area (Å²) in [6, 6.07) is 0.216. The largest absolute Gasteiger partial charge is 0.461 e. The van der Waals surface area contributed by atoms with Gasteiger partial charge in [0.25, 0.3) is 0 Å². The fourth-order valence-electron chi connectivity index (χ4n) is 2.55. The van der Waals surface area contributed by atoms with E-state index in [2.05, 4.69) is 20.4 Å². The third-order valence-electron chi connectivity index (χ3n) is 3.48. The quantitative estimate of drug-likeness (QED) is 0.519. The second-order valence-corrected chi connectivity index (χ2v) is 5.84. The number of likely N-dealkylation sites (N-methyl/N-ethyl adjacent to an activating group) is 1. The van der Waals surface area contributed by atoms with Gasteiger partial charge in [-0.2, -0.15) is 15.0 Å². The van der Waals surface area contributed by atoms with Gasteiger partial charge in [-0.3, -0.25) is 5.43 Å². The molecule has 1 aliphatic carbocycles. The van der Waals surface area contributed by atoms with Gasteiger partial charge in [-0.05, 0) is 26.7 Å². The predicted molar refractivity (Wildman–Crippen MR) is 80.1 cm³/mol. The second-order valence-electron chi connectivity index (χ2n) is 5.84. The summed E-state index contributed by atoms with van der Waals surface area (Å²) in [5.41, 5.74) is 1.74. The summed E-state index contributed by atoms with van der Waals surface area (Å²) < 4.78 is 5.50. The fourth-order valence-corrected chi connectivity index (χ4v) is 2.55. The van der Waals surface area contributed by atoms with E-state index >= 15 is 0 Å².